The van der Waals surface area contributed by atoms with E-state index in [1.807, 2.05) is 18.2 Å². The van der Waals surface area contributed by atoms with Crippen LogP contribution in [0, 0.1) is 6.92 Å². The number of carbonyl (C=O) groups is 1. The Labute approximate surface area is 246 Å². The molecule has 0 radical (unpaired) electrons. The largest absolute Gasteiger partial charge is 0.497 e. The van der Waals surface area contributed by atoms with Gasteiger partial charge in [-0.25, -0.2) is 4.79 Å². The molecular formula is C32H32F3N3O5. The van der Waals surface area contributed by atoms with Crippen molar-refractivity contribution in [2.45, 2.75) is 45.1 Å². The number of halogens is 3. The Morgan fingerprint density at radius 2 is 1.67 bits per heavy atom. The summed E-state index contributed by atoms with van der Waals surface area (Å²) in [5.41, 5.74) is -0.801. The number of methoxy groups -OCH3 is 1. The minimum atomic E-state index is -4.64. The number of ether oxygens (including phenoxy) is 1. The first-order valence-corrected chi connectivity index (χ1v) is 13.6. The maximum Gasteiger partial charge on any atom is 0.416 e. The number of nitrogens with one attached hydrogen (secondary N) is 1. The van der Waals surface area contributed by atoms with E-state index < -0.39 is 41.5 Å². The zero-order valence-electron chi connectivity index (χ0n) is 23.7. The van der Waals surface area contributed by atoms with Crippen LogP contribution in [0.3, 0.4) is 0 Å². The monoisotopic (exact) mass is 595 g/mol. The highest BCUT2D eigenvalue weighted by molar-refractivity contribution is 5.67. The molecule has 0 fully saturated rings. The number of carboxylic acids is 1. The molecule has 0 aliphatic carbocycles. The van der Waals surface area contributed by atoms with Crippen molar-refractivity contribution in [1.82, 2.24) is 14.5 Å². The van der Waals surface area contributed by atoms with Crippen LogP contribution in [0.5, 0.6) is 5.75 Å². The molecule has 8 nitrogen and oxygen atoms in total. The van der Waals surface area contributed by atoms with Gasteiger partial charge in [0.15, 0.2) is 0 Å². The molecule has 0 saturated carbocycles. The predicted molar refractivity (Wildman–Crippen MR) is 156 cm³/mol. The molecule has 4 rings (SSSR count). The number of aliphatic carboxylic acids is 1. The molecule has 0 bridgehead atoms. The number of hydrogen-bond acceptors (Lipinski definition) is 5. The summed E-state index contributed by atoms with van der Waals surface area (Å²) in [5.74, 6) is -0.483. The second-order valence-corrected chi connectivity index (χ2v) is 10.0. The normalized spacial score (nSPS) is 12.2. The Kier molecular flexibility index (Phi) is 9.87. The second-order valence-electron chi connectivity index (χ2n) is 10.0. The molecule has 0 saturated heterocycles. The first kappa shape index (κ1) is 31.3. The molecule has 0 spiro atoms. The van der Waals surface area contributed by atoms with Gasteiger partial charge in [-0.15, -0.1) is 0 Å². The third kappa shape index (κ3) is 7.42. The van der Waals surface area contributed by atoms with E-state index in [2.05, 4.69) is 5.32 Å². The fourth-order valence-corrected chi connectivity index (χ4v) is 5.04. The van der Waals surface area contributed by atoms with Crippen LogP contribution in [0.25, 0.3) is 11.1 Å². The molecule has 1 heterocycles. The lowest BCUT2D eigenvalue weighted by Crippen LogP contribution is -2.45. The van der Waals surface area contributed by atoms with Gasteiger partial charge in [0, 0.05) is 12.1 Å². The maximum atomic E-state index is 14.1. The third-order valence-corrected chi connectivity index (χ3v) is 7.22. The topological polar surface area (TPSA) is 103 Å². The van der Waals surface area contributed by atoms with Crippen molar-refractivity contribution in [3.63, 3.8) is 0 Å². The molecule has 43 heavy (non-hydrogen) atoms. The smallest absolute Gasteiger partial charge is 0.416 e. The van der Waals surface area contributed by atoms with Crippen molar-refractivity contribution < 1.29 is 27.8 Å². The molecule has 4 aromatic rings. The zero-order chi connectivity index (χ0) is 31.1. The Morgan fingerprint density at radius 1 is 0.977 bits per heavy atom. The van der Waals surface area contributed by atoms with Crippen LogP contribution in [0.4, 0.5) is 13.2 Å². The van der Waals surface area contributed by atoms with Crippen molar-refractivity contribution in [2.24, 2.45) is 0 Å². The molecular weight excluding hydrogens is 563 g/mol. The average Bonchev–Trinajstić information content (AvgIpc) is 2.98. The lowest BCUT2D eigenvalue weighted by atomic mass is 10.0. The summed E-state index contributed by atoms with van der Waals surface area (Å²) in [6, 6.07) is 20.2. The van der Waals surface area contributed by atoms with Crippen LogP contribution in [-0.2, 0) is 24.1 Å². The van der Waals surface area contributed by atoms with E-state index in [9.17, 15) is 27.6 Å². The van der Waals surface area contributed by atoms with Gasteiger partial charge in [0.05, 0.1) is 37.4 Å². The molecule has 11 heteroatoms. The fourth-order valence-electron chi connectivity index (χ4n) is 5.04. The van der Waals surface area contributed by atoms with Crippen molar-refractivity contribution in [2.75, 3.05) is 13.7 Å². The third-order valence-electron chi connectivity index (χ3n) is 7.22. The van der Waals surface area contributed by atoms with Gasteiger partial charge in [0.25, 0.3) is 5.56 Å². The Morgan fingerprint density at radius 3 is 2.35 bits per heavy atom. The van der Waals surface area contributed by atoms with Crippen LogP contribution >= 0.6 is 0 Å². The Hall–Kier alpha value is -4.64. The number of benzene rings is 3. The van der Waals surface area contributed by atoms with Crippen LogP contribution in [0.15, 0.2) is 88.5 Å². The lowest BCUT2D eigenvalue weighted by molar-refractivity contribution is -0.138. The average molecular weight is 596 g/mol. The minimum absolute atomic E-state index is 0.0651. The minimum Gasteiger partial charge on any atom is -0.497 e. The van der Waals surface area contributed by atoms with Gasteiger partial charge < -0.3 is 15.2 Å². The van der Waals surface area contributed by atoms with Gasteiger partial charge in [0.1, 0.15) is 5.75 Å². The second kappa shape index (κ2) is 13.6. The number of carboxylic acid groups (broad SMARTS) is 1. The van der Waals surface area contributed by atoms with E-state index >= 15 is 0 Å². The van der Waals surface area contributed by atoms with Crippen LogP contribution in [-0.4, -0.2) is 33.9 Å². The number of alkyl halides is 3. The summed E-state index contributed by atoms with van der Waals surface area (Å²) in [6.45, 7) is 1.27. The quantitative estimate of drug-likeness (QED) is 0.217. The van der Waals surface area contributed by atoms with Gasteiger partial charge in [-0.05, 0) is 54.8 Å². The van der Waals surface area contributed by atoms with Crippen molar-refractivity contribution in [3.05, 3.63) is 122 Å². The van der Waals surface area contributed by atoms with Gasteiger partial charge in [-0.2, -0.15) is 13.2 Å². The first-order valence-electron chi connectivity index (χ1n) is 13.6. The molecule has 0 amide bonds. The zero-order valence-corrected chi connectivity index (χ0v) is 23.7. The Bertz CT molecular complexity index is 1700. The van der Waals surface area contributed by atoms with Crippen molar-refractivity contribution in [3.8, 4) is 16.9 Å². The summed E-state index contributed by atoms with van der Waals surface area (Å²) < 4.78 is 49.2. The summed E-state index contributed by atoms with van der Waals surface area (Å²) in [4.78, 5) is 39.1. The summed E-state index contributed by atoms with van der Waals surface area (Å²) in [7, 11) is 1.47. The molecule has 226 valence electrons. The molecule has 3 aromatic carbocycles. The van der Waals surface area contributed by atoms with E-state index in [0.29, 0.717) is 24.3 Å². The molecule has 0 aliphatic rings. The van der Waals surface area contributed by atoms with Gasteiger partial charge in [-0.1, -0.05) is 60.7 Å². The van der Waals surface area contributed by atoms with E-state index in [4.69, 9.17) is 9.84 Å². The fraction of sp³-hybridized carbons (Fsp3) is 0.281. The molecule has 1 aromatic heterocycles. The van der Waals surface area contributed by atoms with Crippen LogP contribution < -0.4 is 21.3 Å². The molecule has 1 atom stereocenters. The SMILES string of the molecule is COc1cccc(-c2c(C)n(Cc3ccccc3C(F)(F)F)c(=O)n(C[C@H](NCCCC(=O)O)c3ccccc3)c2=O)c1. The van der Waals surface area contributed by atoms with Crippen molar-refractivity contribution >= 4 is 5.97 Å². The number of hydrogen-bond donors (Lipinski definition) is 2. The first-order chi connectivity index (χ1) is 20.5. The number of aromatic nitrogens is 2. The molecule has 0 unspecified atom stereocenters. The van der Waals surface area contributed by atoms with Gasteiger partial charge in [0.2, 0.25) is 0 Å². The van der Waals surface area contributed by atoms with E-state index in [-0.39, 0.29) is 29.8 Å². The maximum absolute atomic E-state index is 14.1. The van der Waals surface area contributed by atoms with E-state index in [1.54, 1.807) is 36.4 Å². The predicted octanol–water partition coefficient (Wildman–Crippen LogP) is 5.26. The summed E-state index contributed by atoms with van der Waals surface area (Å²) >= 11 is 0. The standard InChI is InChI=1S/C32H32F3N3O5/c1-21-29(23-13-8-14-25(18-23)43-2)30(41)38(20-27(22-10-4-3-5-11-22)36-17-9-16-28(39)40)31(42)37(21)19-24-12-6-7-15-26(24)32(33,34)35/h3-8,10-15,18,27,36H,9,16-17,19-20H2,1-2H3,(H,39,40)/t27-/m0/s1. The lowest BCUT2D eigenvalue weighted by Gasteiger charge is -2.23. The van der Waals surface area contributed by atoms with E-state index in [0.717, 1.165) is 16.2 Å². The Balaban J connectivity index is 1.89. The summed E-state index contributed by atoms with van der Waals surface area (Å²) in [6.07, 6.45) is -4.39. The summed E-state index contributed by atoms with van der Waals surface area (Å²) in [5, 5.41) is 12.3. The van der Waals surface area contributed by atoms with E-state index in [1.165, 1.54) is 36.8 Å². The molecule has 0 aliphatic heterocycles. The van der Waals surface area contributed by atoms with Crippen molar-refractivity contribution in [1.29, 1.82) is 0 Å². The molecule has 2 N–H and O–H groups in total. The van der Waals surface area contributed by atoms with Crippen LogP contribution in [0.2, 0.25) is 0 Å². The highest BCUT2D eigenvalue weighted by atomic mass is 19.4. The number of rotatable bonds is 12. The van der Waals surface area contributed by atoms with Gasteiger partial charge in [-0.3, -0.25) is 18.7 Å². The number of nitrogens with zero attached hydrogens (tertiary/aromatic N) is 2. The highest BCUT2D eigenvalue weighted by Crippen LogP contribution is 2.32. The highest BCUT2D eigenvalue weighted by Gasteiger charge is 2.33. The van der Waals surface area contributed by atoms with Gasteiger partial charge >= 0.3 is 17.8 Å². The van der Waals surface area contributed by atoms with Crippen LogP contribution in [0.1, 0.15) is 41.3 Å².